The number of rotatable bonds is 4. The third-order valence-corrected chi connectivity index (χ3v) is 6.05. The number of amides is 1. The van der Waals surface area contributed by atoms with Crippen molar-refractivity contribution in [3.05, 3.63) is 88.2 Å². The fraction of sp³-hybridized carbons (Fsp3) is 0.208. The van der Waals surface area contributed by atoms with Crippen molar-refractivity contribution in [3.63, 3.8) is 0 Å². The number of hydrogen-bond acceptors (Lipinski definition) is 6. The topological polar surface area (TPSA) is 111 Å². The molecule has 5 rings (SSSR count). The molecule has 0 radical (unpaired) electrons. The highest BCUT2D eigenvalue weighted by molar-refractivity contribution is 6.18. The molecule has 1 atom stereocenters. The van der Waals surface area contributed by atoms with E-state index in [0.717, 1.165) is 0 Å². The molecule has 2 aliphatic rings. The van der Waals surface area contributed by atoms with Gasteiger partial charge >= 0.3 is 5.97 Å². The van der Waals surface area contributed by atoms with E-state index in [4.69, 9.17) is 15.2 Å². The summed E-state index contributed by atoms with van der Waals surface area (Å²) >= 11 is 0. The van der Waals surface area contributed by atoms with E-state index in [0.29, 0.717) is 28.1 Å². The molecule has 3 heterocycles. The Balaban J connectivity index is 1.80. The van der Waals surface area contributed by atoms with Gasteiger partial charge in [0.25, 0.3) is 0 Å². The van der Waals surface area contributed by atoms with Gasteiger partial charge in [-0.1, -0.05) is 36.4 Å². The molecule has 0 aliphatic carbocycles. The molecule has 1 spiro atoms. The number of nitrogens with two attached hydrogens (primary N) is 1. The van der Waals surface area contributed by atoms with E-state index < -0.39 is 23.1 Å². The Morgan fingerprint density at radius 2 is 1.97 bits per heavy atom. The lowest BCUT2D eigenvalue weighted by molar-refractivity contribution is -0.140. The number of hydrogen-bond donors (Lipinski definition) is 2. The Morgan fingerprint density at radius 1 is 1.24 bits per heavy atom. The molecule has 1 unspecified atom stereocenters. The van der Waals surface area contributed by atoms with E-state index in [1.165, 1.54) is 11.0 Å². The van der Waals surface area contributed by atoms with Gasteiger partial charge in [-0.25, -0.2) is 9.18 Å². The number of fused-ring (bicyclic) bond motifs is 4. The van der Waals surface area contributed by atoms with Gasteiger partial charge in [0.05, 0.1) is 18.7 Å². The van der Waals surface area contributed by atoms with Gasteiger partial charge < -0.3 is 20.1 Å². The van der Waals surface area contributed by atoms with Crippen molar-refractivity contribution in [2.75, 3.05) is 11.5 Å². The third-order valence-electron chi connectivity index (χ3n) is 6.05. The van der Waals surface area contributed by atoms with Gasteiger partial charge in [0, 0.05) is 22.5 Å². The maximum atomic E-state index is 14.5. The molecule has 0 saturated heterocycles. The number of benzene rings is 2. The summed E-state index contributed by atoms with van der Waals surface area (Å²) in [6.07, 6.45) is 0. The van der Waals surface area contributed by atoms with E-state index in [9.17, 15) is 14.0 Å². The van der Waals surface area contributed by atoms with Gasteiger partial charge in [-0.2, -0.15) is 0 Å². The Bertz CT molecular complexity index is 1330. The van der Waals surface area contributed by atoms with Crippen LogP contribution in [0.1, 0.15) is 29.3 Å². The van der Waals surface area contributed by atoms with Gasteiger partial charge in [-0.15, -0.1) is 5.10 Å². The molecule has 8 nitrogen and oxygen atoms in total. The highest BCUT2D eigenvalue weighted by atomic mass is 19.1. The molecule has 1 aromatic heterocycles. The van der Waals surface area contributed by atoms with Gasteiger partial charge in [0.1, 0.15) is 16.8 Å². The Kier molecular flexibility index (Phi) is 4.70. The van der Waals surface area contributed by atoms with Crippen LogP contribution in [-0.4, -0.2) is 28.7 Å². The van der Waals surface area contributed by atoms with E-state index >= 15 is 0 Å². The van der Waals surface area contributed by atoms with Crippen molar-refractivity contribution in [2.45, 2.75) is 25.8 Å². The second-order valence-electron chi connectivity index (χ2n) is 7.84. The number of esters is 1. The number of nitrogens with one attached hydrogen (secondary N) is 1. The van der Waals surface area contributed by atoms with Crippen LogP contribution >= 0.6 is 0 Å². The summed E-state index contributed by atoms with van der Waals surface area (Å²) in [6, 6.07) is 13.3. The third kappa shape index (κ3) is 2.78. The second-order valence-corrected chi connectivity index (χ2v) is 7.84. The summed E-state index contributed by atoms with van der Waals surface area (Å²) in [5.74, 6) is -1.82. The van der Waals surface area contributed by atoms with Crippen LogP contribution in [0.3, 0.4) is 0 Å². The second kappa shape index (κ2) is 7.47. The number of carbonyl (C=O) groups excluding carboxylic acids is 2. The minimum absolute atomic E-state index is 0.0344. The van der Waals surface area contributed by atoms with Crippen molar-refractivity contribution in [1.29, 1.82) is 0 Å². The van der Waals surface area contributed by atoms with Crippen LogP contribution in [-0.2, 0) is 26.3 Å². The Morgan fingerprint density at radius 3 is 2.73 bits per heavy atom. The number of aromatic amines is 1. The quantitative estimate of drug-likeness (QED) is 0.594. The molecule has 168 valence electrons. The highest BCUT2D eigenvalue weighted by Crippen LogP contribution is 2.56. The van der Waals surface area contributed by atoms with Crippen LogP contribution in [0.5, 0.6) is 5.88 Å². The summed E-state index contributed by atoms with van der Waals surface area (Å²) < 4.78 is 25.5. The van der Waals surface area contributed by atoms with Gasteiger partial charge in [0.15, 0.2) is 0 Å². The SMILES string of the molecule is CCOC(=O)C1=C(N)Oc2n[nH]c(C)c2C12C(=O)N(Cc1ccccc1F)c1ccccc12. The number of aryl methyl sites for hydroxylation is 1. The van der Waals surface area contributed by atoms with E-state index in [2.05, 4.69) is 10.2 Å². The average Bonchev–Trinajstić information content (AvgIpc) is 3.27. The van der Waals surface area contributed by atoms with E-state index in [1.54, 1.807) is 56.3 Å². The Hall–Kier alpha value is -4.14. The number of anilines is 1. The van der Waals surface area contributed by atoms with Crippen LogP contribution in [0, 0.1) is 12.7 Å². The highest BCUT2D eigenvalue weighted by Gasteiger charge is 2.62. The lowest BCUT2D eigenvalue weighted by Crippen LogP contribution is -2.48. The fourth-order valence-electron chi connectivity index (χ4n) is 4.73. The Labute approximate surface area is 188 Å². The van der Waals surface area contributed by atoms with Gasteiger partial charge in [0.2, 0.25) is 17.7 Å². The zero-order valence-electron chi connectivity index (χ0n) is 18.0. The first-order chi connectivity index (χ1) is 15.9. The predicted octanol–water partition coefficient (Wildman–Crippen LogP) is 2.82. The van der Waals surface area contributed by atoms with Gasteiger partial charge in [-0.05, 0) is 26.0 Å². The zero-order valence-corrected chi connectivity index (χ0v) is 18.0. The monoisotopic (exact) mass is 448 g/mol. The smallest absolute Gasteiger partial charge is 0.341 e. The number of nitrogens with zero attached hydrogens (tertiary/aromatic N) is 2. The van der Waals surface area contributed by atoms with Crippen LogP contribution in [0.4, 0.5) is 10.1 Å². The molecule has 3 N–H and O–H groups in total. The number of aromatic nitrogens is 2. The molecule has 9 heteroatoms. The number of ether oxygens (including phenoxy) is 2. The molecule has 2 aliphatic heterocycles. The first kappa shape index (κ1) is 20.7. The largest absolute Gasteiger partial charge is 0.462 e. The normalized spacial score (nSPS) is 18.9. The molecule has 2 aromatic carbocycles. The van der Waals surface area contributed by atoms with Gasteiger partial charge in [-0.3, -0.25) is 9.89 Å². The molecule has 0 bridgehead atoms. The maximum Gasteiger partial charge on any atom is 0.341 e. The summed E-state index contributed by atoms with van der Waals surface area (Å²) in [4.78, 5) is 29.0. The van der Waals surface area contributed by atoms with Crippen LogP contribution in [0.15, 0.2) is 60.0 Å². The molecular weight excluding hydrogens is 427 g/mol. The van der Waals surface area contributed by atoms with Crippen LogP contribution in [0.25, 0.3) is 0 Å². The van der Waals surface area contributed by atoms with Crippen LogP contribution in [0.2, 0.25) is 0 Å². The summed E-state index contributed by atoms with van der Waals surface area (Å²) in [7, 11) is 0. The van der Waals surface area contributed by atoms with E-state index in [1.807, 2.05) is 0 Å². The lowest BCUT2D eigenvalue weighted by Gasteiger charge is -2.34. The van der Waals surface area contributed by atoms with E-state index in [-0.39, 0.29) is 30.5 Å². The fourth-order valence-corrected chi connectivity index (χ4v) is 4.73. The minimum Gasteiger partial charge on any atom is -0.462 e. The zero-order chi connectivity index (χ0) is 23.3. The van der Waals surface area contributed by atoms with Crippen LogP contribution < -0.4 is 15.4 Å². The predicted molar refractivity (Wildman–Crippen MR) is 117 cm³/mol. The van der Waals surface area contributed by atoms with Crippen molar-refractivity contribution < 1.29 is 23.5 Å². The number of carbonyl (C=O) groups is 2. The van der Waals surface area contributed by atoms with Crippen molar-refractivity contribution in [3.8, 4) is 5.88 Å². The number of H-pyrrole nitrogens is 1. The first-order valence-corrected chi connectivity index (χ1v) is 10.5. The molecule has 0 saturated carbocycles. The summed E-state index contributed by atoms with van der Waals surface area (Å²) in [5.41, 5.74) is 6.75. The molecule has 0 fully saturated rings. The minimum atomic E-state index is -1.65. The molecule has 33 heavy (non-hydrogen) atoms. The van der Waals surface area contributed by atoms with Crippen molar-refractivity contribution in [2.24, 2.45) is 5.73 Å². The average molecular weight is 448 g/mol. The molecule has 1 amide bonds. The number of para-hydroxylation sites is 1. The maximum absolute atomic E-state index is 14.5. The first-order valence-electron chi connectivity index (χ1n) is 10.5. The van der Waals surface area contributed by atoms with Crippen molar-refractivity contribution in [1.82, 2.24) is 10.2 Å². The summed E-state index contributed by atoms with van der Waals surface area (Å²) in [6.45, 7) is 3.44. The van der Waals surface area contributed by atoms with Crippen molar-refractivity contribution >= 4 is 17.6 Å². The summed E-state index contributed by atoms with van der Waals surface area (Å²) in [5, 5.41) is 6.98. The molecule has 3 aromatic rings. The lowest BCUT2D eigenvalue weighted by atomic mass is 9.68. The number of halogens is 1. The molecular formula is C24H21FN4O4. The standard InChI is InChI=1S/C24H21FN4O4/c1-3-32-22(30)19-20(26)33-21-18(13(2)27-28-21)24(19)15-9-5-7-11-17(15)29(23(24)31)12-14-8-4-6-10-16(14)25/h4-11H,3,12,26H2,1-2H3,(H,27,28).